The molecule has 0 radical (unpaired) electrons. The molecule has 0 aliphatic heterocycles. The van der Waals surface area contributed by atoms with Crippen molar-refractivity contribution in [2.75, 3.05) is 0 Å². The van der Waals surface area contributed by atoms with Crippen LogP contribution in [0, 0.1) is 11.8 Å². The molecule has 1 unspecified atom stereocenters. The fourth-order valence-corrected chi connectivity index (χ4v) is 0.408. The predicted molar refractivity (Wildman–Crippen MR) is 39.8 cm³/mol. The summed E-state index contributed by atoms with van der Waals surface area (Å²) >= 11 is 0. The van der Waals surface area contributed by atoms with Crippen LogP contribution in [-0.2, 0) is 0 Å². The van der Waals surface area contributed by atoms with Gasteiger partial charge in [-0.05, 0) is 0 Å². The Kier molecular flexibility index (Phi) is 17.1. The van der Waals surface area contributed by atoms with E-state index in [1.165, 1.54) is 6.42 Å². The zero-order chi connectivity index (χ0) is 5.86. The standard InChI is InChI=1S/C7H15.BrH.Mg/c1-5-7(4)6(2)3;;/h7H,5H2,1-4H3;1H;/q-1;;+2/p-1. The second-order valence-corrected chi connectivity index (χ2v) is 2.39. The number of hydrogen-bond acceptors (Lipinski definition) is 0. The molecule has 0 aliphatic carbocycles. The van der Waals surface area contributed by atoms with Crippen molar-refractivity contribution in [3.63, 3.8) is 0 Å². The summed E-state index contributed by atoms with van der Waals surface area (Å²) < 4.78 is 0. The van der Waals surface area contributed by atoms with E-state index < -0.39 is 0 Å². The molecule has 0 bridgehead atoms. The number of hydrogen-bond donors (Lipinski definition) is 0. The van der Waals surface area contributed by atoms with Crippen molar-refractivity contribution in [2.45, 2.75) is 34.1 Å². The van der Waals surface area contributed by atoms with Gasteiger partial charge in [-0.2, -0.15) is 19.8 Å². The van der Waals surface area contributed by atoms with Gasteiger partial charge < -0.3 is 22.9 Å². The van der Waals surface area contributed by atoms with E-state index in [9.17, 15) is 0 Å². The predicted octanol–water partition coefficient (Wildman–Crippen LogP) is -0.730. The van der Waals surface area contributed by atoms with E-state index >= 15 is 0 Å². The molecule has 2 heteroatoms. The van der Waals surface area contributed by atoms with Gasteiger partial charge in [-0.3, -0.25) is 0 Å². The first kappa shape index (κ1) is 16.7. The maximum absolute atomic E-state index is 2.26. The van der Waals surface area contributed by atoms with E-state index in [0.29, 0.717) is 0 Å². The smallest absolute Gasteiger partial charge is 1.00 e. The molecule has 0 aromatic carbocycles. The van der Waals surface area contributed by atoms with Gasteiger partial charge in [0.05, 0.1) is 0 Å². The van der Waals surface area contributed by atoms with E-state index in [1.54, 1.807) is 5.92 Å². The molecule has 0 aromatic rings. The average Bonchev–Trinajstić information content (AvgIpc) is 1.65. The first-order chi connectivity index (χ1) is 3.18. The van der Waals surface area contributed by atoms with Gasteiger partial charge in [0.1, 0.15) is 0 Å². The molecular weight excluding hydrogens is 188 g/mol. The minimum absolute atomic E-state index is 0. The molecule has 0 nitrogen and oxygen atoms in total. The van der Waals surface area contributed by atoms with Crippen molar-refractivity contribution in [2.24, 2.45) is 5.92 Å². The van der Waals surface area contributed by atoms with Crippen LogP contribution in [0.2, 0.25) is 0 Å². The average molecular weight is 203 g/mol. The molecule has 0 saturated carbocycles. The Hall–Kier alpha value is 1.25. The zero-order valence-corrected chi connectivity index (χ0v) is 9.87. The Balaban J connectivity index is -0.000000180. The summed E-state index contributed by atoms with van der Waals surface area (Å²) in [6.45, 7) is 8.86. The van der Waals surface area contributed by atoms with E-state index in [0.717, 1.165) is 5.92 Å². The van der Waals surface area contributed by atoms with Gasteiger partial charge in [0.2, 0.25) is 0 Å². The zero-order valence-electron chi connectivity index (χ0n) is 6.87. The van der Waals surface area contributed by atoms with Gasteiger partial charge in [0, 0.05) is 0 Å². The number of rotatable bonds is 2. The summed E-state index contributed by atoms with van der Waals surface area (Å²) in [6, 6.07) is 0. The molecule has 9 heavy (non-hydrogen) atoms. The molecule has 0 heterocycles. The molecule has 0 fully saturated rings. The van der Waals surface area contributed by atoms with E-state index in [2.05, 4.69) is 27.7 Å². The van der Waals surface area contributed by atoms with Crippen LogP contribution in [0.3, 0.4) is 0 Å². The summed E-state index contributed by atoms with van der Waals surface area (Å²) in [5, 5.41) is 0. The van der Waals surface area contributed by atoms with Crippen molar-refractivity contribution in [1.82, 2.24) is 0 Å². The van der Waals surface area contributed by atoms with Gasteiger partial charge in [-0.1, -0.05) is 20.3 Å². The van der Waals surface area contributed by atoms with Crippen LogP contribution in [0.15, 0.2) is 0 Å². The van der Waals surface area contributed by atoms with Crippen molar-refractivity contribution >= 4 is 23.1 Å². The van der Waals surface area contributed by atoms with E-state index in [4.69, 9.17) is 0 Å². The van der Waals surface area contributed by atoms with Gasteiger partial charge in [0.15, 0.2) is 0 Å². The fraction of sp³-hybridized carbons (Fsp3) is 0.857. The quantitative estimate of drug-likeness (QED) is 0.410. The summed E-state index contributed by atoms with van der Waals surface area (Å²) in [7, 11) is 0. The molecule has 0 aliphatic rings. The molecule has 0 spiro atoms. The van der Waals surface area contributed by atoms with E-state index in [1.807, 2.05) is 0 Å². The van der Waals surface area contributed by atoms with Crippen LogP contribution in [0.1, 0.15) is 34.1 Å². The molecule has 0 amide bonds. The Labute approximate surface area is 85.7 Å². The molecular formula is C7H15BrMg. The molecule has 0 N–H and O–H groups in total. The summed E-state index contributed by atoms with van der Waals surface area (Å²) in [4.78, 5) is 0. The van der Waals surface area contributed by atoms with Crippen LogP contribution in [0.4, 0.5) is 0 Å². The second-order valence-electron chi connectivity index (χ2n) is 2.39. The van der Waals surface area contributed by atoms with Crippen LogP contribution in [0.25, 0.3) is 0 Å². The monoisotopic (exact) mass is 202 g/mol. The number of halogens is 1. The first-order valence-corrected chi connectivity index (χ1v) is 2.98. The minimum atomic E-state index is 0. The minimum Gasteiger partial charge on any atom is -1.00 e. The van der Waals surface area contributed by atoms with Crippen molar-refractivity contribution in [3.05, 3.63) is 5.92 Å². The maximum atomic E-state index is 2.26. The Morgan fingerprint density at radius 1 is 1.33 bits per heavy atom. The van der Waals surface area contributed by atoms with Crippen LogP contribution in [0.5, 0.6) is 0 Å². The van der Waals surface area contributed by atoms with Crippen molar-refractivity contribution in [1.29, 1.82) is 0 Å². The van der Waals surface area contributed by atoms with Crippen molar-refractivity contribution < 1.29 is 17.0 Å². The van der Waals surface area contributed by atoms with Gasteiger partial charge in [-0.25, -0.2) is 0 Å². The topological polar surface area (TPSA) is 0 Å². The second kappa shape index (κ2) is 9.25. The largest absolute Gasteiger partial charge is 2.00 e. The Morgan fingerprint density at radius 2 is 1.67 bits per heavy atom. The Bertz CT molecular complexity index is 46.2. The maximum Gasteiger partial charge on any atom is 2.00 e. The molecule has 1 atom stereocenters. The van der Waals surface area contributed by atoms with Crippen LogP contribution < -0.4 is 17.0 Å². The van der Waals surface area contributed by atoms with Gasteiger partial charge in [0.25, 0.3) is 0 Å². The molecule has 0 aromatic heterocycles. The SMILES string of the molecule is CCC(C)[C-](C)C.[Br-].[Mg+2]. The van der Waals surface area contributed by atoms with Crippen LogP contribution in [-0.4, -0.2) is 23.1 Å². The van der Waals surface area contributed by atoms with Gasteiger partial charge >= 0.3 is 23.1 Å². The van der Waals surface area contributed by atoms with Crippen molar-refractivity contribution in [3.8, 4) is 0 Å². The van der Waals surface area contributed by atoms with Crippen LogP contribution >= 0.6 is 0 Å². The summed E-state index contributed by atoms with van der Waals surface area (Å²) in [5.41, 5.74) is 0. The third-order valence-electron chi connectivity index (χ3n) is 1.60. The summed E-state index contributed by atoms with van der Waals surface area (Å²) in [5.74, 6) is 2.36. The normalized spacial score (nSPS) is 11.7. The Morgan fingerprint density at radius 3 is 1.67 bits per heavy atom. The first-order valence-electron chi connectivity index (χ1n) is 2.98. The third kappa shape index (κ3) is 9.25. The molecule has 0 saturated heterocycles. The van der Waals surface area contributed by atoms with E-state index in [-0.39, 0.29) is 40.0 Å². The molecule has 0 rings (SSSR count). The fourth-order valence-electron chi connectivity index (χ4n) is 0.408. The van der Waals surface area contributed by atoms with Gasteiger partial charge in [-0.15, -0.1) is 0 Å². The molecule has 52 valence electrons. The summed E-state index contributed by atoms with van der Waals surface area (Å²) in [6.07, 6.45) is 1.28. The third-order valence-corrected chi connectivity index (χ3v) is 1.60.